The maximum absolute atomic E-state index is 12.0. The smallest absolute Gasteiger partial charge is 0.251 e. The molecule has 1 aliphatic rings. The molecule has 2 heteroatoms. The Hall–Kier alpha value is -2.09. The molecule has 18 heavy (non-hydrogen) atoms. The van der Waals surface area contributed by atoms with Crippen molar-refractivity contribution in [3.8, 4) is 0 Å². The van der Waals surface area contributed by atoms with Crippen LogP contribution in [-0.2, 0) is 12.8 Å². The molecule has 0 aliphatic heterocycles. The van der Waals surface area contributed by atoms with E-state index in [4.69, 9.17) is 0 Å². The summed E-state index contributed by atoms with van der Waals surface area (Å²) in [6.07, 6.45) is 1.86. The monoisotopic (exact) mass is 236 g/mol. The highest BCUT2D eigenvalue weighted by atomic mass is 16.1. The highest BCUT2D eigenvalue weighted by molar-refractivity contribution is 5.94. The molecule has 89 valence electrons. The number of rotatable bonds is 2. The number of carbonyl (C=O) groups is 1. The van der Waals surface area contributed by atoms with Crippen molar-refractivity contribution in [3.63, 3.8) is 0 Å². The van der Waals surface area contributed by atoms with Crippen molar-refractivity contribution in [1.82, 2.24) is 5.32 Å². The second-order valence-electron chi connectivity index (χ2n) is 4.64. The lowest BCUT2D eigenvalue weighted by atomic mass is 10.1. The van der Waals surface area contributed by atoms with Crippen LogP contribution in [0.2, 0.25) is 0 Å². The predicted molar refractivity (Wildman–Crippen MR) is 70.4 cm³/mol. The Morgan fingerprint density at radius 2 is 1.83 bits per heavy atom. The fraction of sp³-hybridized carbons (Fsp3) is 0.188. The van der Waals surface area contributed by atoms with Crippen LogP contribution in [0, 0.1) is 6.07 Å². The highest BCUT2D eigenvalue weighted by Crippen LogP contribution is 2.21. The molecule has 0 saturated carbocycles. The number of carbonyl (C=O) groups excluding carboxylic acids is 1. The lowest BCUT2D eigenvalue weighted by Crippen LogP contribution is -2.35. The van der Waals surface area contributed by atoms with Gasteiger partial charge in [-0.05, 0) is 42.2 Å². The van der Waals surface area contributed by atoms with Gasteiger partial charge in [-0.3, -0.25) is 4.79 Å². The minimum Gasteiger partial charge on any atom is -0.349 e. The number of nitrogens with one attached hydrogen (secondary N) is 1. The highest BCUT2D eigenvalue weighted by Gasteiger charge is 2.22. The van der Waals surface area contributed by atoms with E-state index in [1.807, 2.05) is 12.1 Å². The van der Waals surface area contributed by atoms with Crippen LogP contribution in [0.25, 0.3) is 0 Å². The molecule has 1 aliphatic carbocycles. The van der Waals surface area contributed by atoms with E-state index >= 15 is 0 Å². The molecule has 2 nitrogen and oxygen atoms in total. The summed E-state index contributed by atoms with van der Waals surface area (Å²) in [5, 5.41) is 3.08. The molecule has 0 spiro atoms. The van der Waals surface area contributed by atoms with Crippen LogP contribution in [0.15, 0.2) is 48.5 Å². The van der Waals surface area contributed by atoms with E-state index in [9.17, 15) is 4.79 Å². The lowest BCUT2D eigenvalue weighted by Gasteiger charge is -2.11. The molecule has 0 saturated heterocycles. The molecule has 1 radical (unpaired) electrons. The summed E-state index contributed by atoms with van der Waals surface area (Å²) >= 11 is 0. The van der Waals surface area contributed by atoms with Gasteiger partial charge in [0.05, 0.1) is 0 Å². The Balaban J connectivity index is 1.68. The minimum absolute atomic E-state index is 0.00958. The van der Waals surface area contributed by atoms with Crippen molar-refractivity contribution in [2.75, 3.05) is 0 Å². The molecule has 1 N–H and O–H groups in total. The summed E-state index contributed by atoms with van der Waals surface area (Å²) < 4.78 is 0. The quantitative estimate of drug-likeness (QED) is 0.852. The summed E-state index contributed by atoms with van der Waals surface area (Å²) in [4.78, 5) is 12.0. The van der Waals surface area contributed by atoms with Crippen LogP contribution < -0.4 is 5.32 Å². The topological polar surface area (TPSA) is 29.1 Å². The van der Waals surface area contributed by atoms with Crippen molar-refractivity contribution in [2.45, 2.75) is 18.9 Å². The van der Waals surface area contributed by atoms with Gasteiger partial charge in [0.15, 0.2) is 0 Å². The number of hydrogen-bond donors (Lipinski definition) is 1. The summed E-state index contributed by atoms with van der Waals surface area (Å²) in [7, 11) is 0. The lowest BCUT2D eigenvalue weighted by molar-refractivity contribution is 0.0938. The Morgan fingerprint density at radius 3 is 2.44 bits per heavy atom. The first-order valence-electron chi connectivity index (χ1n) is 6.17. The van der Waals surface area contributed by atoms with E-state index in [1.165, 1.54) is 11.1 Å². The maximum Gasteiger partial charge on any atom is 0.251 e. The average molecular weight is 236 g/mol. The molecule has 0 atom stereocenters. The van der Waals surface area contributed by atoms with Crippen molar-refractivity contribution in [3.05, 3.63) is 71.3 Å². The van der Waals surface area contributed by atoms with Crippen molar-refractivity contribution in [2.24, 2.45) is 0 Å². The van der Waals surface area contributed by atoms with Crippen LogP contribution in [-0.4, -0.2) is 11.9 Å². The first kappa shape index (κ1) is 11.0. The van der Waals surface area contributed by atoms with Crippen LogP contribution in [0.5, 0.6) is 0 Å². The Bertz CT molecular complexity index is 537. The molecule has 0 aromatic heterocycles. The van der Waals surface area contributed by atoms with Crippen LogP contribution in [0.3, 0.4) is 0 Å². The summed E-state index contributed by atoms with van der Waals surface area (Å²) in [6.45, 7) is 0. The zero-order valence-corrected chi connectivity index (χ0v) is 10.0. The second kappa shape index (κ2) is 4.65. The normalized spacial score (nSPS) is 14.2. The standard InChI is InChI=1S/C16H14NO/c18-16(12-6-2-1-3-7-12)17-15-10-13-8-4-5-9-14(13)11-15/h1-2,4-9,15H,10-11H2,(H,17,18). The molecule has 3 rings (SSSR count). The van der Waals surface area contributed by atoms with Gasteiger partial charge in [-0.2, -0.15) is 0 Å². The Kier molecular flexibility index (Phi) is 2.85. The molecule has 0 bridgehead atoms. The number of fused-ring (bicyclic) bond motifs is 1. The van der Waals surface area contributed by atoms with Gasteiger partial charge >= 0.3 is 0 Å². The molecule has 0 heterocycles. The summed E-state index contributed by atoms with van der Waals surface area (Å²) in [5.74, 6) is -0.00958. The molecule has 2 aromatic rings. The zero-order valence-electron chi connectivity index (χ0n) is 10.0. The first-order chi connectivity index (χ1) is 8.83. The van der Waals surface area contributed by atoms with Gasteiger partial charge in [-0.1, -0.05) is 36.4 Å². The van der Waals surface area contributed by atoms with E-state index in [1.54, 1.807) is 12.1 Å². The Labute approximate surface area is 107 Å². The van der Waals surface area contributed by atoms with Crippen LogP contribution >= 0.6 is 0 Å². The molecule has 2 aromatic carbocycles. The van der Waals surface area contributed by atoms with Gasteiger partial charge in [-0.15, -0.1) is 0 Å². The van der Waals surface area contributed by atoms with E-state index in [-0.39, 0.29) is 11.9 Å². The molecule has 1 amide bonds. The second-order valence-corrected chi connectivity index (χ2v) is 4.64. The summed E-state index contributed by atoms with van der Waals surface area (Å²) in [6, 6.07) is 18.7. The van der Waals surface area contributed by atoms with Gasteiger partial charge in [0, 0.05) is 11.6 Å². The minimum atomic E-state index is -0.00958. The third-order valence-corrected chi connectivity index (χ3v) is 3.36. The van der Waals surface area contributed by atoms with E-state index < -0.39 is 0 Å². The fourth-order valence-corrected chi connectivity index (χ4v) is 2.46. The number of hydrogen-bond acceptors (Lipinski definition) is 1. The van der Waals surface area contributed by atoms with Crippen LogP contribution in [0.1, 0.15) is 21.5 Å². The van der Waals surface area contributed by atoms with Gasteiger partial charge in [0.2, 0.25) is 0 Å². The average Bonchev–Trinajstić information content (AvgIpc) is 2.82. The molecular formula is C16H14NO. The fourth-order valence-electron chi connectivity index (χ4n) is 2.46. The van der Waals surface area contributed by atoms with Crippen molar-refractivity contribution in [1.29, 1.82) is 0 Å². The predicted octanol–water partition coefficient (Wildman–Crippen LogP) is 2.38. The molecule has 0 unspecified atom stereocenters. The third-order valence-electron chi connectivity index (χ3n) is 3.36. The molecular weight excluding hydrogens is 222 g/mol. The summed E-state index contributed by atoms with van der Waals surface area (Å²) in [5.41, 5.74) is 3.37. The van der Waals surface area contributed by atoms with E-state index in [2.05, 4.69) is 35.6 Å². The van der Waals surface area contributed by atoms with Crippen molar-refractivity contribution < 1.29 is 4.79 Å². The van der Waals surface area contributed by atoms with E-state index in [0.717, 1.165) is 12.8 Å². The SMILES string of the molecule is O=C(NC1Cc2ccccc2C1)c1c[c]ccc1. The Morgan fingerprint density at radius 1 is 1.11 bits per heavy atom. The van der Waals surface area contributed by atoms with E-state index in [0.29, 0.717) is 5.56 Å². The first-order valence-corrected chi connectivity index (χ1v) is 6.17. The maximum atomic E-state index is 12.0. The third kappa shape index (κ3) is 2.14. The van der Waals surface area contributed by atoms with Gasteiger partial charge < -0.3 is 5.32 Å². The van der Waals surface area contributed by atoms with Gasteiger partial charge in [-0.25, -0.2) is 0 Å². The van der Waals surface area contributed by atoms with Gasteiger partial charge in [0.1, 0.15) is 0 Å². The number of benzene rings is 2. The number of amides is 1. The zero-order chi connectivity index (χ0) is 12.4. The van der Waals surface area contributed by atoms with Gasteiger partial charge in [0.25, 0.3) is 5.91 Å². The largest absolute Gasteiger partial charge is 0.349 e. The molecule has 0 fully saturated rings. The van der Waals surface area contributed by atoms with Crippen LogP contribution in [0.4, 0.5) is 0 Å². The van der Waals surface area contributed by atoms with Crippen molar-refractivity contribution >= 4 is 5.91 Å².